The van der Waals surface area contributed by atoms with Crippen LogP contribution in [0.25, 0.3) is 0 Å². The Labute approximate surface area is 198 Å². The van der Waals surface area contributed by atoms with Crippen molar-refractivity contribution in [3.63, 3.8) is 0 Å². The SMILES string of the molecule is CCCCNC(=O)Nc1ccc(N2CCC(Cc3ccccc3)CC2)c(C(=O)NC(C)C)c1. The molecule has 0 bridgehead atoms. The highest BCUT2D eigenvalue weighted by atomic mass is 16.2. The van der Waals surface area contributed by atoms with Gasteiger partial charge in [0, 0.05) is 37.1 Å². The molecule has 1 heterocycles. The number of urea groups is 1. The van der Waals surface area contributed by atoms with Crippen molar-refractivity contribution in [1.82, 2.24) is 10.6 Å². The van der Waals surface area contributed by atoms with E-state index in [1.807, 2.05) is 26.0 Å². The first-order valence-corrected chi connectivity index (χ1v) is 12.2. The zero-order valence-corrected chi connectivity index (χ0v) is 20.2. The van der Waals surface area contributed by atoms with Crippen molar-refractivity contribution in [2.24, 2.45) is 5.92 Å². The minimum absolute atomic E-state index is 0.0379. The summed E-state index contributed by atoms with van der Waals surface area (Å²) in [4.78, 5) is 27.5. The van der Waals surface area contributed by atoms with Crippen LogP contribution in [0, 0.1) is 5.92 Å². The normalized spacial score (nSPS) is 14.2. The van der Waals surface area contributed by atoms with Gasteiger partial charge in [0.05, 0.1) is 5.56 Å². The standard InChI is InChI=1S/C27H38N4O2/c1-4-5-15-28-27(33)30-23-11-12-25(24(19-23)26(32)29-20(2)3)31-16-13-22(14-17-31)18-21-9-7-6-8-10-21/h6-12,19-20,22H,4-5,13-18H2,1-3H3,(H,29,32)(H2,28,30,33). The molecule has 3 rings (SSSR count). The van der Waals surface area contributed by atoms with Gasteiger partial charge in [0.2, 0.25) is 0 Å². The number of anilines is 2. The molecule has 6 heteroatoms. The largest absolute Gasteiger partial charge is 0.371 e. The monoisotopic (exact) mass is 450 g/mol. The molecule has 0 aromatic heterocycles. The number of amides is 3. The van der Waals surface area contributed by atoms with Gasteiger partial charge in [-0.2, -0.15) is 0 Å². The Morgan fingerprint density at radius 1 is 1.06 bits per heavy atom. The summed E-state index contributed by atoms with van der Waals surface area (Å²) in [5.41, 5.74) is 3.56. The zero-order chi connectivity index (χ0) is 23.6. The van der Waals surface area contributed by atoms with Crippen LogP contribution in [-0.2, 0) is 6.42 Å². The maximum Gasteiger partial charge on any atom is 0.319 e. The third kappa shape index (κ3) is 7.52. The first-order chi connectivity index (χ1) is 16.0. The summed E-state index contributed by atoms with van der Waals surface area (Å²) in [5.74, 6) is 0.547. The molecule has 0 radical (unpaired) electrons. The van der Waals surface area contributed by atoms with Crippen molar-refractivity contribution in [2.45, 2.75) is 58.9 Å². The van der Waals surface area contributed by atoms with Crippen LogP contribution in [0.1, 0.15) is 62.4 Å². The quantitative estimate of drug-likeness (QED) is 0.460. The average molecular weight is 451 g/mol. The van der Waals surface area contributed by atoms with Crippen molar-refractivity contribution in [3.8, 4) is 0 Å². The average Bonchev–Trinajstić information content (AvgIpc) is 2.80. The van der Waals surface area contributed by atoms with Gasteiger partial charge in [-0.05, 0) is 69.2 Å². The van der Waals surface area contributed by atoms with E-state index in [4.69, 9.17) is 0 Å². The minimum atomic E-state index is -0.242. The Morgan fingerprint density at radius 3 is 2.45 bits per heavy atom. The first-order valence-electron chi connectivity index (χ1n) is 12.2. The number of rotatable bonds is 9. The van der Waals surface area contributed by atoms with Gasteiger partial charge in [0.1, 0.15) is 0 Å². The third-order valence-corrected chi connectivity index (χ3v) is 6.06. The van der Waals surface area contributed by atoms with E-state index in [9.17, 15) is 9.59 Å². The van der Waals surface area contributed by atoms with Gasteiger partial charge in [-0.3, -0.25) is 4.79 Å². The number of hydrogen-bond donors (Lipinski definition) is 3. The van der Waals surface area contributed by atoms with E-state index in [2.05, 4.69) is 58.1 Å². The summed E-state index contributed by atoms with van der Waals surface area (Å²) < 4.78 is 0. The van der Waals surface area contributed by atoms with Crippen molar-refractivity contribution in [1.29, 1.82) is 0 Å². The van der Waals surface area contributed by atoms with E-state index >= 15 is 0 Å². The summed E-state index contributed by atoms with van der Waals surface area (Å²) in [5, 5.41) is 8.73. The lowest BCUT2D eigenvalue weighted by molar-refractivity contribution is 0.0943. The molecule has 178 valence electrons. The van der Waals surface area contributed by atoms with Gasteiger partial charge < -0.3 is 20.9 Å². The highest BCUT2D eigenvalue weighted by Crippen LogP contribution is 2.30. The van der Waals surface area contributed by atoms with Crippen molar-refractivity contribution < 1.29 is 9.59 Å². The fourth-order valence-corrected chi connectivity index (χ4v) is 4.29. The second-order valence-corrected chi connectivity index (χ2v) is 9.21. The Hall–Kier alpha value is -3.02. The summed E-state index contributed by atoms with van der Waals surface area (Å²) in [7, 11) is 0. The maximum absolute atomic E-state index is 13.0. The molecule has 1 fully saturated rings. The Morgan fingerprint density at radius 2 is 1.79 bits per heavy atom. The van der Waals surface area contributed by atoms with Gasteiger partial charge in [-0.25, -0.2) is 4.79 Å². The summed E-state index contributed by atoms with van der Waals surface area (Å²) in [6, 6.07) is 16.1. The van der Waals surface area contributed by atoms with Gasteiger partial charge in [0.25, 0.3) is 5.91 Å². The molecule has 3 amide bonds. The van der Waals surface area contributed by atoms with Gasteiger partial charge >= 0.3 is 6.03 Å². The lowest BCUT2D eigenvalue weighted by Gasteiger charge is -2.35. The maximum atomic E-state index is 13.0. The van der Waals surface area contributed by atoms with Gasteiger partial charge in [-0.15, -0.1) is 0 Å². The van der Waals surface area contributed by atoms with E-state index in [1.54, 1.807) is 6.07 Å². The molecule has 1 aliphatic heterocycles. The molecule has 0 aliphatic carbocycles. The van der Waals surface area contributed by atoms with E-state index in [0.717, 1.165) is 50.9 Å². The molecule has 1 saturated heterocycles. The molecule has 0 saturated carbocycles. The molecule has 6 nitrogen and oxygen atoms in total. The molecule has 2 aromatic carbocycles. The van der Waals surface area contributed by atoms with Crippen LogP contribution >= 0.6 is 0 Å². The smallest absolute Gasteiger partial charge is 0.319 e. The van der Waals surface area contributed by atoms with Crippen LogP contribution in [0.4, 0.5) is 16.2 Å². The van der Waals surface area contributed by atoms with Gasteiger partial charge in [0.15, 0.2) is 0 Å². The van der Waals surface area contributed by atoms with E-state index < -0.39 is 0 Å². The summed E-state index contributed by atoms with van der Waals surface area (Å²) in [6.07, 6.45) is 5.26. The topological polar surface area (TPSA) is 73.5 Å². The van der Waals surface area contributed by atoms with Crippen LogP contribution in [-0.4, -0.2) is 37.6 Å². The molecule has 2 aromatic rings. The van der Waals surface area contributed by atoms with Crippen LogP contribution < -0.4 is 20.9 Å². The van der Waals surface area contributed by atoms with Gasteiger partial charge in [-0.1, -0.05) is 43.7 Å². The van der Waals surface area contributed by atoms with Crippen molar-refractivity contribution >= 4 is 23.3 Å². The second-order valence-electron chi connectivity index (χ2n) is 9.21. The molecule has 3 N–H and O–H groups in total. The third-order valence-electron chi connectivity index (χ3n) is 6.06. The highest BCUT2D eigenvalue weighted by molar-refractivity contribution is 6.02. The zero-order valence-electron chi connectivity index (χ0n) is 20.2. The summed E-state index contributed by atoms with van der Waals surface area (Å²) in [6.45, 7) is 8.47. The molecular formula is C27H38N4O2. The van der Waals surface area contributed by atoms with E-state index in [0.29, 0.717) is 23.7 Å². The Bertz CT molecular complexity index is 906. The van der Waals surface area contributed by atoms with E-state index in [-0.39, 0.29) is 18.0 Å². The number of carbonyl (C=O) groups is 2. The number of piperidine rings is 1. The molecule has 1 aliphatic rings. The predicted octanol–water partition coefficient (Wildman–Crippen LogP) is 5.21. The number of hydrogen-bond acceptors (Lipinski definition) is 3. The van der Waals surface area contributed by atoms with Crippen LogP contribution in [0.3, 0.4) is 0 Å². The van der Waals surface area contributed by atoms with Crippen LogP contribution in [0.15, 0.2) is 48.5 Å². The van der Waals surface area contributed by atoms with Crippen LogP contribution in [0.2, 0.25) is 0 Å². The fourth-order valence-electron chi connectivity index (χ4n) is 4.29. The highest BCUT2D eigenvalue weighted by Gasteiger charge is 2.24. The minimum Gasteiger partial charge on any atom is -0.371 e. The lowest BCUT2D eigenvalue weighted by Crippen LogP contribution is -2.37. The number of benzene rings is 2. The van der Waals surface area contributed by atoms with Crippen LogP contribution in [0.5, 0.6) is 0 Å². The van der Waals surface area contributed by atoms with Crippen molar-refractivity contribution in [2.75, 3.05) is 29.9 Å². The van der Waals surface area contributed by atoms with Crippen molar-refractivity contribution in [3.05, 3.63) is 59.7 Å². The first kappa shape index (κ1) is 24.6. The number of unbranched alkanes of at least 4 members (excludes halogenated alkanes) is 1. The predicted molar refractivity (Wildman–Crippen MR) is 136 cm³/mol. The van der Waals surface area contributed by atoms with E-state index in [1.165, 1.54) is 5.56 Å². The Balaban J connectivity index is 1.69. The molecule has 0 spiro atoms. The molecule has 0 atom stereocenters. The second kappa shape index (κ2) is 12.3. The summed E-state index contributed by atoms with van der Waals surface area (Å²) >= 11 is 0. The number of nitrogens with one attached hydrogen (secondary N) is 3. The molecular weight excluding hydrogens is 412 g/mol. The molecule has 0 unspecified atom stereocenters. The lowest BCUT2D eigenvalue weighted by atomic mass is 9.89. The Kier molecular flexibility index (Phi) is 9.16. The fraction of sp³-hybridized carbons (Fsp3) is 0.481. The molecule has 33 heavy (non-hydrogen) atoms. The number of carbonyl (C=O) groups excluding carboxylic acids is 2. The number of nitrogens with zero attached hydrogens (tertiary/aromatic N) is 1.